The van der Waals surface area contributed by atoms with E-state index in [9.17, 15) is 19.2 Å². The van der Waals surface area contributed by atoms with Gasteiger partial charge in [-0.1, -0.05) is 12.1 Å². The topological polar surface area (TPSA) is 111 Å². The minimum Gasteiger partial charge on any atom is -0.465 e. The zero-order valence-corrected chi connectivity index (χ0v) is 17.5. The molecule has 0 saturated heterocycles. The van der Waals surface area contributed by atoms with Crippen LogP contribution in [0.25, 0.3) is 0 Å². The van der Waals surface area contributed by atoms with E-state index in [1.165, 1.54) is 26.4 Å². The molecule has 3 aromatic rings. The molecule has 3 rings (SSSR count). The summed E-state index contributed by atoms with van der Waals surface area (Å²) < 4.78 is 9.40. The van der Waals surface area contributed by atoms with Crippen molar-refractivity contribution in [3.63, 3.8) is 0 Å². The Morgan fingerprint density at radius 3 is 1.47 bits per heavy atom. The molecule has 0 unspecified atom stereocenters. The van der Waals surface area contributed by atoms with E-state index in [1.54, 1.807) is 35.0 Å². The highest BCUT2D eigenvalue weighted by Gasteiger charge is 2.22. The van der Waals surface area contributed by atoms with Gasteiger partial charge in [0.25, 0.3) is 11.8 Å². The van der Waals surface area contributed by atoms with Gasteiger partial charge in [-0.15, -0.1) is 22.7 Å². The Morgan fingerprint density at radius 2 is 1.10 bits per heavy atom. The van der Waals surface area contributed by atoms with Gasteiger partial charge in [0.2, 0.25) is 0 Å². The first-order chi connectivity index (χ1) is 14.5. The van der Waals surface area contributed by atoms with Crippen LogP contribution in [-0.4, -0.2) is 38.0 Å². The van der Waals surface area contributed by atoms with E-state index in [-0.39, 0.29) is 32.3 Å². The maximum absolute atomic E-state index is 12.8. The maximum Gasteiger partial charge on any atom is 0.350 e. The number of hydrogen-bond acceptors (Lipinski definition) is 8. The van der Waals surface area contributed by atoms with Crippen molar-refractivity contribution in [1.29, 1.82) is 0 Å². The first-order valence-corrected chi connectivity index (χ1v) is 10.3. The highest BCUT2D eigenvalue weighted by molar-refractivity contribution is 7.13. The lowest BCUT2D eigenvalue weighted by molar-refractivity contribution is 0.0598. The van der Waals surface area contributed by atoms with Crippen LogP contribution in [0.3, 0.4) is 0 Å². The Balaban J connectivity index is 1.84. The number of thiophene rings is 2. The number of benzene rings is 1. The number of rotatable bonds is 6. The highest BCUT2D eigenvalue weighted by atomic mass is 32.1. The SMILES string of the molecule is COC(=O)c1sccc1NC(=O)c1ccccc1C(=O)Nc1ccsc1C(=O)OC. The second-order valence-corrected chi connectivity index (χ2v) is 7.60. The van der Waals surface area contributed by atoms with Crippen molar-refractivity contribution in [2.45, 2.75) is 0 Å². The van der Waals surface area contributed by atoms with Crippen molar-refractivity contribution in [1.82, 2.24) is 0 Å². The second-order valence-electron chi connectivity index (χ2n) is 5.76. The first kappa shape index (κ1) is 21.2. The van der Waals surface area contributed by atoms with Crippen LogP contribution in [0.15, 0.2) is 47.2 Å². The molecule has 10 heteroatoms. The average molecular weight is 444 g/mol. The summed E-state index contributed by atoms with van der Waals surface area (Å²) in [7, 11) is 2.50. The molecule has 0 aliphatic rings. The zero-order valence-electron chi connectivity index (χ0n) is 15.9. The van der Waals surface area contributed by atoms with E-state index in [2.05, 4.69) is 10.6 Å². The maximum atomic E-state index is 12.8. The molecule has 0 saturated carbocycles. The summed E-state index contributed by atoms with van der Waals surface area (Å²) in [6.07, 6.45) is 0. The lowest BCUT2D eigenvalue weighted by Gasteiger charge is -2.11. The van der Waals surface area contributed by atoms with E-state index >= 15 is 0 Å². The molecule has 0 spiro atoms. The van der Waals surface area contributed by atoms with Crippen LogP contribution < -0.4 is 10.6 Å². The molecule has 2 amide bonds. The molecule has 0 atom stereocenters. The molecule has 2 N–H and O–H groups in total. The molecule has 0 bridgehead atoms. The monoisotopic (exact) mass is 444 g/mol. The molecule has 0 aliphatic carbocycles. The third kappa shape index (κ3) is 4.39. The number of carbonyl (C=O) groups is 4. The molecule has 30 heavy (non-hydrogen) atoms. The van der Waals surface area contributed by atoms with Crippen LogP contribution in [0.5, 0.6) is 0 Å². The van der Waals surface area contributed by atoms with Crippen molar-refractivity contribution < 1.29 is 28.7 Å². The number of methoxy groups -OCH3 is 2. The fourth-order valence-corrected chi connectivity index (χ4v) is 4.11. The Kier molecular flexibility index (Phi) is 6.60. The fourth-order valence-electron chi connectivity index (χ4n) is 2.58. The largest absolute Gasteiger partial charge is 0.465 e. The number of hydrogen-bond donors (Lipinski definition) is 2. The van der Waals surface area contributed by atoms with Crippen molar-refractivity contribution in [3.8, 4) is 0 Å². The van der Waals surface area contributed by atoms with Gasteiger partial charge in [-0.3, -0.25) is 9.59 Å². The molecular weight excluding hydrogens is 428 g/mol. The minimum absolute atomic E-state index is 0.104. The summed E-state index contributed by atoms with van der Waals surface area (Å²) in [5, 5.41) is 8.56. The van der Waals surface area contributed by atoms with Crippen LogP contribution in [0.1, 0.15) is 40.1 Å². The van der Waals surface area contributed by atoms with Crippen LogP contribution in [-0.2, 0) is 9.47 Å². The Morgan fingerprint density at radius 1 is 0.700 bits per heavy atom. The second kappa shape index (κ2) is 9.33. The molecule has 1 aromatic carbocycles. The van der Waals surface area contributed by atoms with Gasteiger partial charge < -0.3 is 20.1 Å². The minimum atomic E-state index is -0.570. The van der Waals surface area contributed by atoms with Gasteiger partial charge in [0.15, 0.2) is 0 Å². The Labute approximate surface area is 179 Å². The van der Waals surface area contributed by atoms with Crippen molar-refractivity contribution in [2.24, 2.45) is 0 Å². The molecule has 0 radical (unpaired) electrons. The highest BCUT2D eigenvalue weighted by Crippen LogP contribution is 2.26. The van der Waals surface area contributed by atoms with Crippen LogP contribution in [0, 0.1) is 0 Å². The van der Waals surface area contributed by atoms with Gasteiger partial charge in [-0.2, -0.15) is 0 Å². The molecule has 8 nitrogen and oxygen atoms in total. The van der Waals surface area contributed by atoms with E-state index < -0.39 is 23.8 Å². The number of ether oxygens (including phenoxy) is 2. The molecular formula is C20H16N2O6S2. The number of carbonyl (C=O) groups excluding carboxylic acids is 4. The third-order valence-corrected chi connectivity index (χ3v) is 5.77. The zero-order chi connectivity index (χ0) is 21.7. The van der Waals surface area contributed by atoms with E-state index in [4.69, 9.17) is 9.47 Å². The van der Waals surface area contributed by atoms with Crippen molar-refractivity contribution in [2.75, 3.05) is 24.9 Å². The average Bonchev–Trinajstić information content (AvgIpc) is 3.42. The standard InChI is InChI=1S/C20H16N2O6S2/c1-27-19(25)15-13(7-9-29-15)21-17(23)11-5-3-4-6-12(11)18(24)22-14-8-10-30-16(14)20(26)28-2/h3-10H,1-2H3,(H,21,23)(H,22,24). The molecule has 2 heterocycles. The Hall–Kier alpha value is -3.50. The summed E-state index contributed by atoms with van der Waals surface area (Å²) in [4.78, 5) is 49.7. The number of amides is 2. The van der Waals surface area contributed by atoms with Gasteiger partial charge in [-0.25, -0.2) is 9.59 Å². The lowest BCUT2D eigenvalue weighted by Crippen LogP contribution is -2.21. The fraction of sp³-hybridized carbons (Fsp3) is 0.100. The van der Waals surface area contributed by atoms with Crippen molar-refractivity contribution >= 4 is 57.8 Å². The summed E-state index contributed by atoms with van der Waals surface area (Å²) in [5.74, 6) is -2.27. The molecule has 0 aliphatic heterocycles. The van der Waals surface area contributed by atoms with Gasteiger partial charge >= 0.3 is 11.9 Å². The first-order valence-electron chi connectivity index (χ1n) is 8.49. The van der Waals surface area contributed by atoms with Gasteiger partial charge in [0.1, 0.15) is 9.75 Å². The van der Waals surface area contributed by atoms with Crippen LogP contribution in [0.4, 0.5) is 11.4 Å². The predicted octanol–water partition coefficient (Wildman–Crippen LogP) is 3.89. The molecule has 2 aromatic heterocycles. The third-order valence-electron chi connectivity index (χ3n) is 3.98. The summed E-state index contributed by atoms with van der Waals surface area (Å²) in [5.41, 5.74) is 0.787. The smallest absolute Gasteiger partial charge is 0.350 e. The van der Waals surface area contributed by atoms with Crippen LogP contribution in [0.2, 0.25) is 0 Å². The number of esters is 2. The summed E-state index contributed by atoms with van der Waals surface area (Å²) in [6, 6.07) is 9.36. The summed E-state index contributed by atoms with van der Waals surface area (Å²) in [6.45, 7) is 0. The normalized spacial score (nSPS) is 10.2. The van der Waals surface area contributed by atoms with E-state index in [0.717, 1.165) is 22.7 Å². The van der Waals surface area contributed by atoms with E-state index in [1.807, 2.05) is 0 Å². The van der Waals surface area contributed by atoms with Gasteiger partial charge in [0, 0.05) is 0 Å². The van der Waals surface area contributed by atoms with Gasteiger partial charge in [0.05, 0.1) is 36.7 Å². The van der Waals surface area contributed by atoms with Crippen LogP contribution >= 0.6 is 22.7 Å². The summed E-state index contributed by atoms with van der Waals surface area (Å²) >= 11 is 2.26. The lowest BCUT2D eigenvalue weighted by atomic mass is 10.1. The number of anilines is 2. The van der Waals surface area contributed by atoms with E-state index in [0.29, 0.717) is 0 Å². The predicted molar refractivity (Wildman–Crippen MR) is 114 cm³/mol. The Bertz CT molecular complexity index is 1030. The van der Waals surface area contributed by atoms with Crippen molar-refractivity contribution in [3.05, 3.63) is 68.0 Å². The molecule has 154 valence electrons. The van der Waals surface area contributed by atoms with Gasteiger partial charge in [-0.05, 0) is 35.0 Å². The quantitative estimate of drug-likeness (QED) is 0.558. The number of nitrogens with one attached hydrogen (secondary N) is 2. The molecule has 0 fully saturated rings.